The number of allylic oxidation sites excluding steroid dienone is 2. The van der Waals surface area contributed by atoms with Crippen LogP contribution < -0.4 is 0 Å². The van der Waals surface area contributed by atoms with Crippen molar-refractivity contribution in [2.45, 2.75) is 35.1 Å². The molecule has 1 aromatic heterocycles. The Morgan fingerprint density at radius 3 is 2.72 bits per heavy atom. The average Bonchev–Trinajstić information content (AvgIpc) is 3.04. The zero-order valence-electron chi connectivity index (χ0n) is 15.6. The third-order valence-corrected chi connectivity index (χ3v) is 6.71. The third-order valence-electron chi connectivity index (χ3n) is 4.11. The van der Waals surface area contributed by atoms with Crippen LogP contribution in [0.25, 0.3) is 0 Å². The molecule has 0 spiro atoms. The summed E-state index contributed by atoms with van der Waals surface area (Å²) in [5, 5.41) is 11.7. The van der Waals surface area contributed by atoms with Crippen molar-refractivity contribution in [1.82, 2.24) is 20.2 Å². The normalized spacial score (nSPS) is 14.6. The predicted octanol–water partition coefficient (Wildman–Crippen LogP) is 2.35. The highest BCUT2D eigenvalue weighted by molar-refractivity contribution is 7.98. The topological polar surface area (TPSA) is 121 Å². The molecule has 154 valence electrons. The van der Waals surface area contributed by atoms with E-state index < -0.39 is 15.8 Å². The van der Waals surface area contributed by atoms with Gasteiger partial charge >= 0.3 is 5.97 Å². The quantitative estimate of drug-likeness (QED) is 0.476. The molecule has 0 fully saturated rings. The van der Waals surface area contributed by atoms with Gasteiger partial charge in [-0.1, -0.05) is 23.4 Å². The number of rotatable bonds is 6. The first-order valence-corrected chi connectivity index (χ1v) is 11.7. The molecule has 1 aliphatic carbocycles. The van der Waals surface area contributed by atoms with E-state index in [0.717, 1.165) is 6.26 Å². The number of tetrazole rings is 1. The van der Waals surface area contributed by atoms with Crippen molar-refractivity contribution in [3.8, 4) is 0 Å². The average molecular weight is 457 g/mol. The molecular formula is C17H17ClN4O5S2. The second-order valence-electron chi connectivity index (χ2n) is 6.37. The molecule has 0 saturated heterocycles. The van der Waals surface area contributed by atoms with Gasteiger partial charge in [-0.15, -0.1) is 5.10 Å². The second kappa shape index (κ2) is 8.64. The number of aryl methyl sites for hydroxylation is 1. The van der Waals surface area contributed by atoms with Crippen molar-refractivity contribution in [3.05, 3.63) is 40.1 Å². The summed E-state index contributed by atoms with van der Waals surface area (Å²) in [5.74, 6) is -0.637. The summed E-state index contributed by atoms with van der Waals surface area (Å²) in [7, 11) is -2.18. The van der Waals surface area contributed by atoms with Gasteiger partial charge in [0.1, 0.15) is 5.76 Å². The van der Waals surface area contributed by atoms with Gasteiger partial charge < -0.3 is 4.74 Å². The summed E-state index contributed by atoms with van der Waals surface area (Å²) in [5.41, 5.74) is 0.118. The van der Waals surface area contributed by atoms with E-state index in [1.54, 1.807) is 7.05 Å². The zero-order valence-corrected chi connectivity index (χ0v) is 18.0. The Bertz CT molecular complexity index is 1110. The monoisotopic (exact) mass is 456 g/mol. The molecule has 0 radical (unpaired) electrons. The minimum absolute atomic E-state index is 0.123. The Kier molecular flexibility index (Phi) is 6.39. The fourth-order valence-electron chi connectivity index (χ4n) is 2.82. The Morgan fingerprint density at radius 1 is 1.34 bits per heavy atom. The van der Waals surface area contributed by atoms with Crippen LogP contribution in [0.15, 0.2) is 34.0 Å². The highest BCUT2D eigenvalue weighted by Crippen LogP contribution is 2.33. The number of thioether (sulfide) groups is 1. The van der Waals surface area contributed by atoms with E-state index in [1.807, 2.05) is 0 Å². The molecule has 0 N–H and O–H groups in total. The van der Waals surface area contributed by atoms with Crippen LogP contribution in [0.5, 0.6) is 0 Å². The molecule has 0 atom stereocenters. The summed E-state index contributed by atoms with van der Waals surface area (Å²) in [4.78, 5) is 24.0. The molecule has 12 heteroatoms. The van der Waals surface area contributed by atoms with Gasteiger partial charge in [0, 0.05) is 48.6 Å². The molecule has 1 heterocycles. The lowest BCUT2D eigenvalue weighted by Crippen LogP contribution is -2.15. The first-order valence-electron chi connectivity index (χ1n) is 8.49. The largest absolute Gasteiger partial charge is 0.427 e. The number of carbonyl (C=O) groups excluding carboxylic acids is 2. The van der Waals surface area contributed by atoms with E-state index in [-0.39, 0.29) is 38.3 Å². The van der Waals surface area contributed by atoms with E-state index >= 15 is 0 Å². The minimum atomic E-state index is -3.83. The lowest BCUT2D eigenvalue weighted by molar-refractivity contribution is -0.115. The molecule has 9 nitrogen and oxygen atoms in total. The molecule has 29 heavy (non-hydrogen) atoms. The number of ether oxygens (including phenoxy) is 1. The standard InChI is InChI=1S/C17H17ClN4O5S2/c1-22-17(19-20-21-22)28-9-13-14(18)7-6-12(15(13)29(2,25)26)16(24)27-11-5-3-4-10(23)8-11/h6-8H,3-5,9H2,1-2H3. The van der Waals surface area contributed by atoms with Crippen LogP contribution in [-0.4, -0.2) is 46.6 Å². The number of esters is 1. The lowest BCUT2D eigenvalue weighted by atomic mass is 10.1. The number of sulfone groups is 1. The van der Waals surface area contributed by atoms with E-state index in [9.17, 15) is 18.0 Å². The van der Waals surface area contributed by atoms with Crippen LogP contribution in [0.4, 0.5) is 0 Å². The van der Waals surface area contributed by atoms with E-state index in [1.165, 1.54) is 34.7 Å². The van der Waals surface area contributed by atoms with Gasteiger partial charge in [-0.25, -0.2) is 17.9 Å². The van der Waals surface area contributed by atoms with Crippen LogP contribution in [0.1, 0.15) is 35.2 Å². The molecule has 0 bridgehead atoms. The Labute approximate surface area is 176 Å². The van der Waals surface area contributed by atoms with Crippen molar-refractivity contribution in [2.24, 2.45) is 7.05 Å². The summed E-state index contributed by atoms with van der Waals surface area (Å²) in [6.45, 7) is 0. The summed E-state index contributed by atoms with van der Waals surface area (Å²) in [6.07, 6.45) is 3.67. The van der Waals surface area contributed by atoms with Crippen LogP contribution in [0.3, 0.4) is 0 Å². The zero-order chi connectivity index (χ0) is 21.2. The highest BCUT2D eigenvalue weighted by Gasteiger charge is 2.27. The molecular weight excluding hydrogens is 440 g/mol. The van der Waals surface area contributed by atoms with Crippen LogP contribution >= 0.6 is 23.4 Å². The number of hydrogen-bond acceptors (Lipinski definition) is 9. The molecule has 0 saturated carbocycles. The number of halogens is 1. The number of benzene rings is 1. The van der Waals surface area contributed by atoms with Crippen molar-refractivity contribution in [2.75, 3.05) is 6.26 Å². The van der Waals surface area contributed by atoms with E-state index in [0.29, 0.717) is 24.4 Å². The Morgan fingerprint density at radius 2 is 2.10 bits per heavy atom. The second-order valence-corrected chi connectivity index (χ2v) is 9.67. The molecule has 1 aromatic carbocycles. The molecule has 3 rings (SSSR count). The van der Waals surface area contributed by atoms with E-state index in [2.05, 4.69) is 15.5 Å². The van der Waals surface area contributed by atoms with Gasteiger partial charge in [0.05, 0.1) is 10.5 Å². The molecule has 1 aliphatic rings. The van der Waals surface area contributed by atoms with Crippen molar-refractivity contribution >= 4 is 45.0 Å². The molecule has 0 aliphatic heterocycles. The predicted molar refractivity (Wildman–Crippen MR) is 105 cm³/mol. The SMILES string of the molecule is Cn1nnnc1SCc1c(Cl)ccc(C(=O)OC2=CC(=O)CCC2)c1S(C)(=O)=O. The lowest BCUT2D eigenvalue weighted by Gasteiger charge is -2.16. The van der Waals surface area contributed by atoms with E-state index in [4.69, 9.17) is 16.3 Å². The van der Waals surface area contributed by atoms with Crippen LogP contribution in [0, 0.1) is 0 Å². The summed E-state index contributed by atoms with van der Waals surface area (Å²) in [6, 6.07) is 2.75. The Balaban J connectivity index is 1.98. The summed E-state index contributed by atoms with van der Waals surface area (Å²) >= 11 is 7.44. The molecule has 0 unspecified atom stereocenters. The van der Waals surface area contributed by atoms with Gasteiger partial charge in [-0.3, -0.25) is 4.79 Å². The third kappa shape index (κ3) is 5.03. The fourth-order valence-corrected chi connectivity index (χ4v) is 5.34. The summed E-state index contributed by atoms with van der Waals surface area (Å²) < 4.78 is 31.8. The van der Waals surface area contributed by atoms with Crippen molar-refractivity contribution < 1.29 is 22.7 Å². The van der Waals surface area contributed by atoms with Crippen molar-refractivity contribution in [1.29, 1.82) is 0 Å². The maximum absolute atomic E-state index is 12.7. The number of nitrogens with zero attached hydrogens (tertiary/aromatic N) is 4. The maximum atomic E-state index is 12.7. The number of hydrogen-bond donors (Lipinski definition) is 0. The van der Waals surface area contributed by atoms with Gasteiger partial charge in [-0.2, -0.15) is 0 Å². The minimum Gasteiger partial charge on any atom is -0.427 e. The number of ketones is 1. The van der Waals surface area contributed by atoms with Gasteiger partial charge in [0.2, 0.25) is 5.16 Å². The van der Waals surface area contributed by atoms with Gasteiger partial charge in [0.15, 0.2) is 15.6 Å². The highest BCUT2D eigenvalue weighted by atomic mass is 35.5. The van der Waals surface area contributed by atoms with Crippen molar-refractivity contribution in [3.63, 3.8) is 0 Å². The number of carbonyl (C=O) groups is 2. The van der Waals surface area contributed by atoms with Gasteiger partial charge in [-0.05, 0) is 29.0 Å². The molecule has 0 amide bonds. The van der Waals surface area contributed by atoms with Gasteiger partial charge in [0.25, 0.3) is 0 Å². The smallest absolute Gasteiger partial charge is 0.344 e. The Hall–Kier alpha value is -2.24. The molecule has 2 aromatic rings. The number of aromatic nitrogens is 4. The van der Waals surface area contributed by atoms with Crippen LogP contribution in [0.2, 0.25) is 5.02 Å². The maximum Gasteiger partial charge on any atom is 0.344 e. The first-order chi connectivity index (χ1) is 13.7. The fraction of sp³-hybridized carbons (Fsp3) is 0.353. The first kappa shape index (κ1) is 21.5. The van der Waals surface area contributed by atoms with Crippen LogP contribution in [-0.2, 0) is 32.2 Å².